The van der Waals surface area contributed by atoms with Gasteiger partial charge in [-0.2, -0.15) is 0 Å². The van der Waals surface area contributed by atoms with E-state index in [1.165, 1.54) is 23.5 Å². The van der Waals surface area contributed by atoms with Gasteiger partial charge in [-0.05, 0) is 36.4 Å². The molecule has 0 aliphatic heterocycles. The predicted molar refractivity (Wildman–Crippen MR) is 105 cm³/mol. The Kier molecular flexibility index (Phi) is 6.16. The standard InChI is InChI=1S/C20H20FN3O2S/c1-24(11-14-3-7-16(21)8-4-14)12-19(25)23-20-22-18(13-27-20)15-5-9-17(26-2)10-6-15/h3-10,13H,11-12H2,1-2H3,(H,22,23,25)/p+1. The summed E-state index contributed by atoms with van der Waals surface area (Å²) < 4.78 is 18.1. The van der Waals surface area contributed by atoms with Crippen molar-refractivity contribution in [1.29, 1.82) is 0 Å². The van der Waals surface area contributed by atoms with Crippen LogP contribution in [0.1, 0.15) is 5.56 Å². The van der Waals surface area contributed by atoms with Crippen molar-refractivity contribution >= 4 is 22.4 Å². The number of thiazole rings is 1. The average molecular weight is 386 g/mol. The van der Waals surface area contributed by atoms with Crippen molar-refractivity contribution in [1.82, 2.24) is 4.98 Å². The molecule has 0 aliphatic carbocycles. The molecular formula is C20H21FN3O2S+. The van der Waals surface area contributed by atoms with Crippen LogP contribution in [0.5, 0.6) is 5.75 Å². The van der Waals surface area contributed by atoms with Crippen LogP contribution >= 0.6 is 11.3 Å². The van der Waals surface area contributed by atoms with Gasteiger partial charge in [0.05, 0.1) is 19.9 Å². The third-order valence-electron chi connectivity index (χ3n) is 4.02. The van der Waals surface area contributed by atoms with Gasteiger partial charge in [-0.1, -0.05) is 12.1 Å². The fraction of sp³-hybridized carbons (Fsp3) is 0.200. The number of hydrogen-bond acceptors (Lipinski definition) is 4. The number of carbonyl (C=O) groups is 1. The Morgan fingerprint density at radius 3 is 2.56 bits per heavy atom. The Morgan fingerprint density at radius 1 is 1.19 bits per heavy atom. The Morgan fingerprint density at radius 2 is 1.89 bits per heavy atom. The number of likely N-dealkylation sites (N-methyl/N-ethyl adjacent to an activating group) is 1. The van der Waals surface area contributed by atoms with Gasteiger partial charge in [-0.25, -0.2) is 9.37 Å². The van der Waals surface area contributed by atoms with Gasteiger partial charge in [-0.3, -0.25) is 10.1 Å². The van der Waals surface area contributed by atoms with E-state index in [0.717, 1.165) is 27.5 Å². The summed E-state index contributed by atoms with van der Waals surface area (Å²) in [6, 6.07) is 13.9. The largest absolute Gasteiger partial charge is 0.497 e. The number of nitrogens with zero attached hydrogens (tertiary/aromatic N) is 1. The van der Waals surface area contributed by atoms with Crippen molar-refractivity contribution in [2.24, 2.45) is 0 Å². The maximum atomic E-state index is 13.0. The first-order valence-corrected chi connectivity index (χ1v) is 9.37. The molecule has 7 heteroatoms. The molecule has 1 unspecified atom stereocenters. The molecule has 140 valence electrons. The number of benzene rings is 2. The van der Waals surface area contributed by atoms with Gasteiger partial charge >= 0.3 is 0 Å². The molecule has 27 heavy (non-hydrogen) atoms. The van der Waals surface area contributed by atoms with Crippen LogP contribution in [0.4, 0.5) is 9.52 Å². The van der Waals surface area contributed by atoms with Gasteiger partial charge in [0.25, 0.3) is 5.91 Å². The second kappa shape index (κ2) is 8.75. The molecular weight excluding hydrogens is 365 g/mol. The summed E-state index contributed by atoms with van der Waals surface area (Å²) in [5, 5.41) is 5.32. The second-order valence-electron chi connectivity index (χ2n) is 6.25. The molecule has 0 saturated heterocycles. The summed E-state index contributed by atoms with van der Waals surface area (Å²) in [6.45, 7) is 0.942. The highest BCUT2D eigenvalue weighted by Gasteiger charge is 2.13. The summed E-state index contributed by atoms with van der Waals surface area (Å²) in [5.74, 6) is 0.422. The molecule has 0 fully saturated rings. The SMILES string of the molecule is COc1ccc(-c2csc(NC(=O)C[NH+](C)Cc3ccc(F)cc3)n2)cc1. The van der Waals surface area contributed by atoms with Crippen LogP contribution in [0.25, 0.3) is 11.3 Å². The normalized spacial score (nSPS) is 11.8. The molecule has 5 nitrogen and oxygen atoms in total. The Hall–Kier alpha value is -2.77. The number of rotatable bonds is 7. The number of quaternary nitrogens is 1. The molecule has 0 radical (unpaired) electrons. The molecule has 0 aliphatic rings. The van der Waals surface area contributed by atoms with Crippen LogP contribution in [0.3, 0.4) is 0 Å². The smallest absolute Gasteiger partial charge is 0.281 e. The van der Waals surface area contributed by atoms with Crippen LogP contribution in [0, 0.1) is 5.82 Å². The molecule has 1 aromatic heterocycles. The first kappa shape index (κ1) is 19.0. The number of methoxy groups -OCH3 is 1. The summed E-state index contributed by atoms with van der Waals surface area (Å²) >= 11 is 1.39. The Labute approximate surface area is 161 Å². The van der Waals surface area contributed by atoms with E-state index in [-0.39, 0.29) is 11.7 Å². The second-order valence-corrected chi connectivity index (χ2v) is 7.11. The lowest BCUT2D eigenvalue weighted by Gasteiger charge is -2.13. The topological polar surface area (TPSA) is 55.7 Å². The molecule has 0 bridgehead atoms. The minimum absolute atomic E-state index is 0.106. The number of ether oxygens (including phenoxy) is 1. The van der Waals surface area contributed by atoms with Crippen molar-refractivity contribution in [3.8, 4) is 17.0 Å². The molecule has 0 spiro atoms. The van der Waals surface area contributed by atoms with Crippen LogP contribution in [0.2, 0.25) is 0 Å². The van der Waals surface area contributed by atoms with Gasteiger partial charge in [-0.15, -0.1) is 11.3 Å². The summed E-state index contributed by atoms with van der Waals surface area (Å²) in [5.41, 5.74) is 2.76. The number of aromatic nitrogens is 1. The van der Waals surface area contributed by atoms with E-state index in [0.29, 0.717) is 18.2 Å². The van der Waals surface area contributed by atoms with E-state index in [1.54, 1.807) is 19.2 Å². The highest BCUT2D eigenvalue weighted by Crippen LogP contribution is 2.26. The molecule has 2 N–H and O–H groups in total. The fourth-order valence-electron chi connectivity index (χ4n) is 2.68. The zero-order valence-electron chi connectivity index (χ0n) is 15.2. The summed E-state index contributed by atoms with van der Waals surface area (Å²) in [7, 11) is 3.55. The van der Waals surface area contributed by atoms with E-state index < -0.39 is 0 Å². The lowest BCUT2D eigenvalue weighted by Crippen LogP contribution is -3.08. The van der Waals surface area contributed by atoms with E-state index in [1.807, 2.05) is 36.7 Å². The van der Waals surface area contributed by atoms with Gasteiger partial charge in [0.15, 0.2) is 11.7 Å². The third-order valence-corrected chi connectivity index (χ3v) is 4.78. The quantitative estimate of drug-likeness (QED) is 0.656. The van der Waals surface area contributed by atoms with E-state index in [9.17, 15) is 9.18 Å². The lowest BCUT2D eigenvalue weighted by atomic mass is 10.2. The number of hydrogen-bond donors (Lipinski definition) is 2. The summed E-state index contributed by atoms with van der Waals surface area (Å²) in [6.07, 6.45) is 0. The third kappa shape index (κ3) is 5.35. The van der Waals surface area contributed by atoms with Gasteiger partial charge in [0.2, 0.25) is 0 Å². The number of nitrogens with one attached hydrogen (secondary N) is 2. The van der Waals surface area contributed by atoms with Crippen LogP contribution in [-0.4, -0.2) is 31.6 Å². The molecule has 1 amide bonds. The minimum atomic E-state index is -0.259. The Bertz CT molecular complexity index is 894. The van der Waals surface area contributed by atoms with Crippen molar-refractivity contribution in [2.45, 2.75) is 6.54 Å². The van der Waals surface area contributed by atoms with Gasteiger partial charge < -0.3 is 9.64 Å². The van der Waals surface area contributed by atoms with Crippen LogP contribution in [-0.2, 0) is 11.3 Å². The molecule has 1 heterocycles. The fourth-order valence-corrected chi connectivity index (χ4v) is 3.41. The number of carbonyl (C=O) groups excluding carboxylic acids is 1. The maximum absolute atomic E-state index is 13.0. The monoisotopic (exact) mass is 386 g/mol. The summed E-state index contributed by atoms with van der Waals surface area (Å²) in [4.78, 5) is 17.7. The van der Waals surface area contributed by atoms with Crippen LogP contribution in [0.15, 0.2) is 53.9 Å². The first-order chi connectivity index (χ1) is 13.0. The van der Waals surface area contributed by atoms with Gasteiger partial charge in [0, 0.05) is 16.5 Å². The van der Waals surface area contributed by atoms with Crippen LogP contribution < -0.4 is 15.0 Å². The van der Waals surface area contributed by atoms with Crippen molar-refractivity contribution < 1.29 is 18.8 Å². The van der Waals surface area contributed by atoms with E-state index in [4.69, 9.17) is 4.74 Å². The molecule has 2 aromatic carbocycles. The van der Waals surface area contributed by atoms with Crippen molar-refractivity contribution in [3.05, 3.63) is 65.3 Å². The van der Waals surface area contributed by atoms with Crippen molar-refractivity contribution in [2.75, 3.05) is 26.0 Å². The molecule has 3 aromatic rings. The molecule has 3 rings (SSSR count). The average Bonchev–Trinajstić information content (AvgIpc) is 3.12. The maximum Gasteiger partial charge on any atom is 0.281 e. The van der Waals surface area contributed by atoms with Gasteiger partial charge in [0.1, 0.15) is 18.1 Å². The molecule has 0 saturated carbocycles. The van der Waals surface area contributed by atoms with E-state index >= 15 is 0 Å². The predicted octanol–water partition coefficient (Wildman–Crippen LogP) is 2.61. The van der Waals surface area contributed by atoms with Crippen molar-refractivity contribution in [3.63, 3.8) is 0 Å². The zero-order chi connectivity index (χ0) is 19.2. The number of anilines is 1. The van der Waals surface area contributed by atoms with E-state index in [2.05, 4.69) is 10.3 Å². The zero-order valence-corrected chi connectivity index (χ0v) is 16.0. The molecule has 1 atom stereocenters. The Balaban J connectivity index is 1.54. The first-order valence-electron chi connectivity index (χ1n) is 8.49. The minimum Gasteiger partial charge on any atom is -0.497 e. The number of amides is 1. The highest BCUT2D eigenvalue weighted by atomic mass is 32.1. The number of halogens is 1. The lowest BCUT2D eigenvalue weighted by molar-refractivity contribution is -0.885. The highest BCUT2D eigenvalue weighted by molar-refractivity contribution is 7.14.